The molecule has 0 fully saturated rings. The molecule has 1 N–H and O–H groups in total. The van der Waals surface area contributed by atoms with Gasteiger partial charge < -0.3 is 10.2 Å². The van der Waals surface area contributed by atoms with Crippen molar-refractivity contribution in [2.75, 3.05) is 27.2 Å². The molecule has 0 aliphatic rings. The van der Waals surface area contributed by atoms with Gasteiger partial charge >= 0.3 is 0 Å². The fourth-order valence-electron chi connectivity index (χ4n) is 1.74. The van der Waals surface area contributed by atoms with Crippen LogP contribution in [0.1, 0.15) is 24.5 Å². The number of nitrogens with one attached hydrogen (secondary N) is 1. The maximum absolute atomic E-state index is 3.16. The van der Waals surface area contributed by atoms with Gasteiger partial charge in [-0.1, -0.05) is 31.2 Å². The normalized spacial score (nSPS) is 11.0. The summed E-state index contributed by atoms with van der Waals surface area (Å²) in [5.41, 5.74) is 2.81. The summed E-state index contributed by atoms with van der Waals surface area (Å²) in [4.78, 5) is 2.36. The second-order valence-electron chi connectivity index (χ2n) is 4.35. The average Bonchev–Trinajstić information content (AvgIpc) is 2.31. The van der Waals surface area contributed by atoms with Crippen molar-refractivity contribution in [1.29, 1.82) is 0 Å². The van der Waals surface area contributed by atoms with Crippen molar-refractivity contribution in [3.63, 3.8) is 0 Å². The number of hydrogen-bond acceptors (Lipinski definition) is 2. The van der Waals surface area contributed by atoms with E-state index in [0.717, 1.165) is 13.1 Å². The molecule has 0 saturated heterocycles. The van der Waals surface area contributed by atoms with Crippen LogP contribution in [-0.4, -0.2) is 32.1 Å². The van der Waals surface area contributed by atoms with Crippen molar-refractivity contribution in [2.24, 2.45) is 0 Å². The molecule has 0 spiro atoms. The Balaban J connectivity index is 2.31. The molecule has 0 radical (unpaired) electrons. The molecule has 90 valence electrons. The van der Waals surface area contributed by atoms with E-state index in [4.69, 9.17) is 0 Å². The maximum atomic E-state index is 3.16. The Hall–Kier alpha value is -0.860. The number of hydrogen-bond donors (Lipinski definition) is 1. The van der Waals surface area contributed by atoms with Gasteiger partial charge in [-0.3, -0.25) is 0 Å². The Kier molecular flexibility index (Phi) is 6.12. The molecule has 16 heavy (non-hydrogen) atoms. The minimum absolute atomic E-state index is 0.957. The van der Waals surface area contributed by atoms with Crippen molar-refractivity contribution in [2.45, 2.75) is 26.3 Å². The predicted octanol–water partition coefficient (Wildman–Crippen LogP) is 2.29. The van der Waals surface area contributed by atoms with Crippen molar-refractivity contribution >= 4 is 0 Å². The Morgan fingerprint density at radius 1 is 1.12 bits per heavy atom. The third-order valence-corrected chi connectivity index (χ3v) is 2.95. The summed E-state index contributed by atoms with van der Waals surface area (Å²) in [6.07, 6.45) is 2.43. The molecule has 1 aromatic carbocycles. The van der Waals surface area contributed by atoms with Crippen LogP contribution in [0.15, 0.2) is 24.3 Å². The molecule has 0 aliphatic carbocycles. The smallest absolute Gasteiger partial charge is 0.0202 e. The van der Waals surface area contributed by atoms with Crippen LogP contribution in [0.4, 0.5) is 0 Å². The molecule has 0 bridgehead atoms. The molecule has 0 unspecified atom stereocenters. The summed E-state index contributed by atoms with van der Waals surface area (Å²) in [5.74, 6) is 0. The van der Waals surface area contributed by atoms with Crippen LogP contribution in [0.2, 0.25) is 0 Å². The van der Waals surface area contributed by atoms with Crippen LogP contribution < -0.4 is 5.32 Å². The fourth-order valence-corrected chi connectivity index (χ4v) is 1.74. The van der Waals surface area contributed by atoms with Gasteiger partial charge in [-0.05, 0) is 51.2 Å². The van der Waals surface area contributed by atoms with Crippen LogP contribution in [-0.2, 0) is 13.0 Å². The standard InChI is InChI=1S/C14H24N2/c1-4-16(3)11-5-6-13-7-9-14(10-8-13)12-15-2/h7-10,15H,4-6,11-12H2,1-3H3. The Bertz CT molecular complexity index is 279. The van der Waals surface area contributed by atoms with E-state index >= 15 is 0 Å². The Labute approximate surface area is 99.7 Å². The highest BCUT2D eigenvalue weighted by atomic mass is 15.1. The van der Waals surface area contributed by atoms with Gasteiger partial charge in [-0.15, -0.1) is 0 Å². The molecule has 0 saturated carbocycles. The third kappa shape index (κ3) is 4.77. The molecule has 0 aliphatic heterocycles. The summed E-state index contributed by atoms with van der Waals surface area (Å²) in [5, 5.41) is 3.16. The van der Waals surface area contributed by atoms with Crippen molar-refractivity contribution in [3.8, 4) is 0 Å². The van der Waals surface area contributed by atoms with E-state index in [0.29, 0.717) is 0 Å². The molecule has 0 aromatic heterocycles. The first-order chi connectivity index (χ1) is 7.76. The summed E-state index contributed by atoms with van der Waals surface area (Å²) >= 11 is 0. The van der Waals surface area contributed by atoms with Crippen molar-refractivity contribution in [3.05, 3.63) is 35.4 Å². The minimum Gasteiger partial charge on any atom is -0.316 e. The lowest BCUT2D eigenvalue weighted by Gasteiger charge is -2.13. The Morgan fingerprint density at radius 2 is 1.75 bits per heavy atom. The van der Waals surface area contributed by atoms with Crippen LogP contribution in [0.3, 0.4) is 0 Å². The SMILES string of the molecule is CCN(C)CCCc1ccc(CNC)cc1. The number of aryl methyl sites for hydroxylation is 1. The second-order valence-corrected chi connectivity index (χ2v) is 4.35. The molecular formula is C14H24N2. The van der Waals surface area contributed by atoms with Gasteiger partial charge in [0.05, 0.1) is 0 Å². The predicted molar refractivity (Wildman–Crippen MR) is 70.7 cm³/mol. The van der Waals surface area contributed by atoms with E-state index in [1.165, 1.54) is 30.5 Å². The molecule has 2 heteroatoms. The summed E-state index contributed by atoms with van der Waals surface area (Å²) in [6.45, 7) is 5.49. The van der Waals surface area contributed by atoms with Gasteiger partial charge in [-0.2, -0.15) is 0 Å². The van der Waals surface area contributed by atoms with Crippen LogP contribution in [0.5, 0.6) is 0 Å². The first kappa shape index (κ1) is 13.2. The van der Waals surface area contributed by atoms with E-state index < -0.39 is 0 Å². The zero-order valence-corrected chi connectivity index (χ0v) is 10.8. The van der Waals surface area contributed by atoms with Gasteiger partial charge in [0.2, 0.25) is 0 Å². The Morgan fingerprint density at radius 3 is 2.31 bits per heavy atom. The first-order valence-corrected chi connectivity index (χ1v) is 6.17. The van der Waals surface area contributed by atoms with Crippen molar-refractivity contribution < 1.29 is 0 Å². The maximum Gasteiger partial charge on any atom is 0.0202 e. The molecular weight excluding hydrogens is 196 g/mol. The van der Waals surface area contributed by atoms with Gasteiger partial charge in [0.25, 0.3) is 0 Å². The number of rotatable bonds is 7. The summed E-state index contributed by atoms with van der Waals surface area (Å²) < 4.78 is 0. The monoisotopic (exact) mass is 220 g/mol. The molecule has 0 amide bonds. The van der Waals surface area contributed by atoms with Gasteiger partial charge in [0.15, 0.2) is 0 Å². The molecule has 1 rings (SSSR count). The van der Waals surface area contributed by atoms with E-state index in [9.17, 15) is 0 Å². The number of nitrogens with zero attached hydrogens (tertiary/aromatic N) is 1. The largest absolute Gasteiger partial charge is 0.316 e. The highest BCUT2D eigenvalue weighted by molar-refractivity contribution is 5.22. The van der Waals surface area contributed by atoms with E-state index in [1.807, 2.05) is 7.05 Å². The van der Waals surface area contributed by atoms with E-state index in [1.54, 1.807) is 0 Å². The quantitative estimate of drug-likeness (QED) is 0.758. The van der Waals surface area contributed by atoms with Crippen molar-refractivity contribution in [1.82, 2.24) is 10.2 Å². The van der Waals surface area contributed by atoms with Gasteiger partial charge in [-0.25, -0.2) is 0 Å². The topological polar surface area (TPSA) is 15.3 Å². The lowest BCUT2D eigenvalue weighted by Crippen LogP contribution is -2.19. The van der Waals surface area contributed by atoms with E-state index in [2.05, 4.69) is 48.5 Å². The van der Waals surface area contributed by atoms with Crippen LogP contribution in [0.25, 0.3) is 0 Å². The van der Waals surface area contributed by atoms with Gasteiger partial charge in [0.1, 0.15) is 0 Å². The molecule has 1 aromatic rings. The first-order valence-electron chi connectivity index (χ1n) is 6.17. The lowest BCUT2D eigenvalue weighted by atomic mass is 10.1. The van der Waals surface area contributed by atoms with Gasteiger partial charge in [0, 0.05) is 6.54 Å². The average molecular weight is 220 g/mol. The summed E-state index contributed by atoms with van der Waals surface area (Å²) in [6, 6.07) is 8.93. The lowest BCUT2D eigenvalue weighted by molar-refractivity contribution is 0.347. The minimum atomic E-state index is 0.957. The molecule has 0 heterocycles. The zero-order chi connectivity index (χ0) is 11.8. The van der Waals surface area contributed by atoms with Crippen LogP contribution in [0, 0.1) is 0 Å². The van der Waals surface area contributed by atoms with E-state index in [-0.39, 0.29) is 0 Å². The zero-order valence-electron chi connectivity index (χ0n) is 10.8. The molecule has 0 atom stereocenters. The van der Waals surface area contributed by atoms with Crippen LogP contribution >= 0.6 is 0 Å². The number of benzene rings is 1. The fraction of sp³-hybridized carbons (Fsp3) is 0.571. The highest BCUT2D eigenvalue weighted by Crippen LogP contribution is 2.07. The third-order valence-electron chi connectivity index (χ3n) is 2.95. The molecule has 2 nitrogen and oxygen atoms in total. The second kappa shape index (κ2) is 7.42. The highest BCUT2D eigenvalue weighted by Gasteiger charge is 1.97. The summed E-state index contributed by atoms with van der Waals surface area (Å²) in [7, 11) is 4.16.